The van der Waals surface area contributed by atoms with E-state index in [1.165, 1.54) is 6.20 Å². The van der Waals surface area contributed by atoms with Gasteiger partial charge in [0.1, 0.15) is 5.56 Å². The number of aryl methyl sites for hydroxylation is 1. The third-order valence-corrected chi connectivity index (χ3v) is 4.74. The normalized spacial score (nSPS) is 10.6. The van der Waals surface area contributed by atoms with Gasteiger partial charge in [0.2, 0.25) is 0 Å². The first-order chi connectivity index (χ1) is 14.0. The number of ether oxygens (including phenoxy) is 2. The summed E-state index contributed by atoms with van der Waals surface area (Å²) in [7, 11) is 0. The molecule has 0 aliphatic rings. The zero-order valence-electron chi connectivity index (χ0n) is 17.0. The molecule has 0 fully saturated rings. The Kier molecular flexibility index (Phi) is 6.12. The fraction of sp³-hybridized carbons (Fsp3) is 0.261. The molecule has 29 heavy (non-hydrogen) atoms. The van der Waals surface area contributed by atoms with Crippen LogP contribution in [-0.4, -0.2) is 30.1 Å². The summed E-state index contributed by atoms with van der Waals surface area (Å²) in [6.07, 6.45) is 1.50. The minimum Gasteiger partial charge on any atom is -0.462 e. The van der Waals surface area contributed by atoms with Crippen molar-refractivity contribution in [1.29, 1.82) is 0 Å². The third kappa shape index (κ3) is 4.21. The standard InChI is InChI=1S/C23H24N2O4/c1-5-28-22(26)16-10-11-20-17(12-16)21(18(13-24-20)23(27)29-6-2)25-19-9-7-8-14(3)15(19)4/h7-13H,5-6H2,1-4H3,(H,24,25). The number of pyridine rings is 1. The van der Waals surface area contributed by atoms with Crippen molar-refractivity contribution in [2.45, 2.75) is 27.7 Å². The predicted molar refractivity (Wildman–Crippen MR) is 113 cm³/mol. The molecule has 0 saturated carbocycles. The van der Waals surface area contributed by atoms with Crippen molar-refractivity contribution in [3.63, 3.8) is 0 Å². The molecule has 2 aromatic carbocycles. The van der Waals surface area contributed by atoms with E-state index in [0.717, 1.165) is 16.8 Å². The summed E-state index contributed by atoms with van der Waals surface area (Å²) in [6.45, 7) is 8.08. The molecule has 1 N–H and O–H groups in total. The number of carbonyl (C=O) groups is 2. The molecule has 3 aromatic rings. The number of anilines is 2. The predicted octanol–water partition coefficient (Wildman–Crippen LogP) is 4.95. The van der Waals surface area contributed by atoms with Gasteiger partial charge in [-0.25, -0.2) is 9.59 Å². The highest BCUT2D eigenvalue weighted by molar-refractivity contribution is 6.07. The van der Waals surface area contributed by atoms with E-state index in [1.54, 1.807) is 32.0 Å². The lowest BCUT2D eigenvalue weighted by molar-refractivity contribution is 0.0518. The van der Waals surface area contributed by atoms with E-state index >= 15 is 0 Å². The van der Waals surface area contributed by atoms with Crippen LogP contribution in [0.4, 0.5) is 11.4 Å². The molecule has 0 unspecified atom stereocenters. The van der Waals surface area contributed by atoms with Crippen LogP contribution in [0.25, 0.3) is 10.9 Å². The second-order valence-electron chi connectivity index (χ2n) is 6.59. The number of nitrogens with one attached hydrogen (secondary N) is 1. The maximum absolute atomic E-state index is 12.6. The van der Waals surface area contributed by atoms with Gasteiger partial charge in [-0.05, 0) is 63.1 Å². The number of fused-ring (bicyclic) bond motifs is 1. The maximum Gasteiger partial charge on any atom is 0.341 e. The van der Waals surface area contributed by atoms with Gasteiger partial charge in [-0.2, -0.15) is 0 Å². The monoisotopic (exact) mass is 392 g/mol. The quantitative estimate of drug-likeness (QED) is 0.598. The molecule has 0 saturated heterocycles. The molecular formula is C23H24N2O4. The van der Waals surface area contributed by atoms with Gasteiger partial charge >= 0.3 is 11.9 Å². The maximum atomic E-state index is 12.6. The second kappa shape index (κ2) is 8.73. The minimum atomic E-state index is -0.476. The van der Waals surface area contributed by atoms with Gasteiger partial charge < -0.3 is 14.8 Å². The fourth-order valence-corrected chi connectivity index (χ4v) is 3.05. The van der Waals surface area contributed by atoms with E-state index in [0.29, 0.717) is 27.7 Å². The van der Waals surface area contributed by atoms with Crippen LogP contribution < -0.4 is 5.32 Å². The average Bonchev–Trinajstić information content (AvgIpc) is 2.71. The Morgan fingerprint density at radius 2 is 1.72 bits per heavy atom. The van der Waals surface area contributed by atoms with Crippen molar-refractivity contribution in [3.8, 4) is 0 Å². The average molecular weight is 392 g/mol. The molecule has 1 heterocycles. The molecule has 0 atom stereocenters. The molecule has 0 radical (unpaired) electrons. The van der Waals surface area contributed by atoms with Crippen LogP contribution in [0.5, 0.6) is 0 Å². The van der Waals surface area contributed by atoms with Crippen molar-refractivity contribution in [3.05, 3.63) is 64.8 Å². The summed E-state index contributed by atoms with van der Waals surface area (Å²) in [5.41, 5.74) is 4.95. The first kappa shape index (κ1) is 20.3. The highest BCUT2D eigenvalue weighted by Gasteiger charge is 2.19. The number of esters is 2. The molecule has 3 rings (SSSR count). The second-order valence-corrected chi connectivity index (χ2v) is 6.59. The van der Waals surface area contributed by atoms with Gasteiger partial charge in [-0.1, -0.05) is 12.1 Å². The lowest BCUT2D eigenvalue weighted by Crippen LogP contribution is -2.10. The molecular weight excluding hydrogens is 368 g/mol. The Morgan fingerprint density at radius 3 is 2.45 bits per heavy atom. The Bertz CT molecular complexity index is 1070. The summed E-state index contributed by atoms with van der Waals surface area (Å²) in [5, 5.41) is 4.01. The van der Waals surface area contributed by atoms with Crippen molar-refractivity contribution in [2.75, 3.05) is 18.5 Å². The molecule has 0 spiro atoms. The summed E-state index contributed by atoms with van der Waals surface area (Å²) < 4.78 is 10.3. The van der Waals surface area contributed by atoms with Crippen molar-refractivity contribution in [2.24, 2.45) is 0 Å². The van der Waals surface area contributed by atoms with E-state index in [4.69, 9.17) is 9.47 Å². The van der Waals surface area contributed by atoms with E-state index < -0.39 is 11.9 Å². The van der Waals surface area contributed by atoms with Crippen LogP contribution in [-0.2, 0) is 9.47 Å². The summed E-state index contributed by atoms with van der Waals surface area (Å²) in [5.74, 6) is -0.898. The minimum absolute atomic E-state index is 0.253. The van der Waals surface area contributed by atoms with Gasteiger partial charge in [-0.3, -0.25) is 4.98 Å². The molecule has 6 nitrogen and oxygen atoms in total. The lowest BCUT2D eigenvalue weighted by atomic mass is 10.0. The van der Waals surface area contributed by atoms with E-state index in [-0.39, 0.29) is 13.2 Å². The highest BCUT2D eigenvalue weighted by atomic mass is 16.5. The summed E-state index contributed by atoms with van der Waals surface area (Å²) in [4.78, 5) is 29.2. The van der Waals surface area contributed by atoms with Gasteiger partial charge in [0.15, 0.2) is 0 Å². The Labute approximate surface area is 169 Å². The SMILES string of the molecule is CCOC(=O)c1ccc2ncc(C(=O)OCC)c(Nc3cccc(C)c3C)c2c1. The van der Waals surface area contributed by atoms with E-state index in [2.05, 4.69) is 10.3 Å². The van der Waals surface area contributed by atoms with E-state index in [9.17, 15) is 9.59 Å². The zero-order valence-corrected chi connectivity index (χ0v) is 17.0. The van der Waals surface area contributed by atoms with Gasteiger partial charge in [0.25, 0.3) is 0 Å². The van der Waals surface area contributed by atoms with E-state index in [1.807, 2.05) is 32.0 Å². The van der Waals surface area contributed by atoms with Crippen LogP contribution in [0.1, 0.15) is 45.7 Å². The number of benzene rings is 2. The number of nitrogens with zero attached hydrogens (tertiary/aromatic N) is 1. The Morgan fingerprint density at radius 1 is 1.00 bits per heavy atom. The first-order valence-corrected chi connectivity index (χ1v) is 9.56. The van der Waals surface area contributed by atoms with Gasteiger partial charge in [-0.15, -0.1) is 0 Å². The lowest BCUT2D eigenvalue weighted by Gasteiger charge is -2.17. The smallest absolute Gasteiger partial charge is 0.341 e. The number of hydrogen-bond acceptors (Lipinski definition) is 6. The Hall–Kier alpha value is -3.41. The van der Waals surface area contributed by atoms with Crippen LogP contribution >= 0.6 is 0 Å². The Balaban J connectivity index is 2.21. The van der Waals surface area contributed by atoms with Crippen molar-refractivity contribution < 1.29 is 19.1 Å². The molecule has 1 aromatic heterocycles. The van der Waals surface area contributed by atoms with Crippen molar-refractivity contribution >= 4 is 34.2 Å². The molecule has 0 amide bonds. The fourth-order valence-electron chi connectivity index (χ4n) is 3.05. The third-order valence-electron chi connectivity index (χ3n) is 4.74. The number of hydrogen-bond donors (Lipinski definition) is 1. The first-order valence-electron chi connectivity index (χ1n) is 9.56. The van der Waals surface area contributed by atoms with Crippen LogP contribution in [0.3, 0.4) is 0 Å². The van der Waals surface area contributed by atoms with Gasteiger partial charge in [0, 0.05) is 17.3 Å². The van der Waals surface area contributed by atoms with Crippen LogP contribution in [0.2, 0.25) is 0 Å². The van der Waals surface area contributed by atoms with Gasteiger partial charge in [0.05, 0.1) is 30.0 Å². The highest BCUT2D eigenvalue weighted by Crippen LogP contribution is 2.32. The molecule has 150 valence electrons. The van der Waals surface area contributed by atoms with Crippen molar-refractivity contribution in [1.82, 2.24) is 4.98 Å². The number of carbonyl (C=O) groups excluding carboxylic acids is 2. The molecule has 0 aliphatic heterocycles. The van der Waals surface area contributed by atoms with Crippen LogP contribution in [0, 0.1) is 13.8 Å². The van der Waals surface area contributed by atoms with Crippen LogP contribution in [0.15, 0.2) is 42.6 Å². The number of rotatable bonds is 6. The topological polar surface area (TPSA) is 77.5 Å². The largest absolute Gasteiger partial charge is 0.462 e. The molecule has 0 aliphatic carbocycles. The molecule has 0 bridgehead atoms. The summed E-state index contributed by atoms with van der Waals surface area (Å²) in [6, 6.07) is 11.0. The molecule has 6 heteroatoms. The number of aromatic nitrogens is 1. The summed E-state index contributed by atoms with van der Waals surface area (Å²) >= 11 is 0. The zero-order chi connectivity index (χ0) is 21.0.